The summed E-state index contributed by atoms with van der Waals surface area (Å²) in [7, 11) is 1.73. The Hall–Kier alpha value is -10.7. The molecule has 13 amide bonds. The summed E-state index contributed by atoms with van der Waals surface area (Å²) in [5, 5.41) is 67.6. The predicted molar refractivity (Wildman–Crippen MR) is 390 cm³/mol. The zero-order valence-corrected chi connectivity index (χ0v) is 59.9. The molecule has 4 aromatic rings. The number of carbonyl (C=O) groups excluding carboxylic acids is 13. The number of fused-ring (bicyclic) bond motifs is 1. The number of hydrogen-bond acceptors (Lipinski definition) is 20. The number of nitrogens with two attached hydrogens (primary N) is 4. The number of aromatic nitrogens is 1. The maximum Gasteiger partial charge on any atom is 0.303 e. The minimum atomic E-state index is -1.74. The van der Waals surface area contributed by atoms with E-state index in [2.05, 4.69) is 63.5 Å². The first-order valence-corrected chi connectivity index (χ1v) is 37.4. The summed E-state index contributed by atoms with van der Waals surface area (Å²) < 4.78 is 0. The van der Waals surface area contributed by atoms with E-state index < -0.39 is 194 Å². The number of aromatic hydroxyl groups is 2. The second-order valence-corrected chi connectivity index (χ2v) is 28.7. The minimum Gasteiger partial charge on any atom is -0.508 e. The molecule has 0 spiro atoms. The normalized spacial score (nSPS) is 22.8. The Balaban J connectivity index is 1.28. The van der Waals surface area contributed by atoms with Gasteiger partial charge in [-0.3, -0.25) is 72.5 Å². The van der Waals surface area contributed by atoms with Crippen LogP contribution >= 0.6 is 21.6 Å². The number of amides is 13. The molecule has 1 saturated carbocycles. The van der Waals surface area contributed by atoms with E-state index in [-0.39, 0.29) is 87.7 Å². The average molecular weight is 1510 g/mol. The molecule has 3 aliphatic rings. The largest absolute Gasteiger partial charge is 0.508 e. The number of benzene rings is 3. The molecule has 3 fully saturated rings. The van der Waals surface area contributed by atoms with Crippen molar-refractivity contribution < 1.29 is 82.4 Å². The molecule has 106 heavy (non-hydrogen) atoms. The Labute approximate surface area is 617 Å². The fourth-order valence-corrected chi connectivity index (χ4v) is 14.9. The fourth-order valence-electron chi connectivity index (χ4n) is 12.5. The highest BCUT2D eigenvalue weighted by atomic mass is 33.1. The maximum atomic E-state index is 15.3. The Morgan fingerprint density at radius 3 is 1.88 bits per heavy atom. The number of aliphatic carboxylic acids is 1. The first-order valence-electron chi connectivity index (χ1n) is 34.9. The molecule has 2 aliphatic heterocycles. The number of H-pyrrole nitrogens is 1. The highest BCUT2D eigenvalue weighted by Crippen LogP contribution is 2.30. The fraction of sp³-hybridized carbons (Fsp3) is 0.493. The first-order chi connectivity index (χ1) is 50.7. The highest BCUT2D eigenvalue weighted by Gasteiger charge is 2.40. The van der Waals surface area contributed by atoms with Gasteiger partial charge in [0, 0.05) is 99.7 Å². The molecule has 0 bridgehead atoms. The van der Waals surface area contributed by atoms with Gasteiger partial charge in [0.1, 0.15) is 71.9 Å². The van der Waals surface area contributed by atoms with Crippen LogP contribution in [-0.4, -0.2) is 212 Å². The summed E-state index contributed by atoms with van der Waals surface area (Å²) in [6.07, 6.45) is 0.707. The van der Waals surface area contributed by atoms with Crippen molar-refractivity contribution in [3.05, 3.63) is 95.7 Å². The van der Waals surface area contributed by atoms with E-state index >= 15 is 14.4 Å². The van der Waals surface area contributed by atoms with Crippen molar-refractivity contribution in [3.63, 3.8) is 0 Å². The summed E-state index contributed by atoms with van der Waals surface area (Å²) in [5.41, 5.74) is 24.6. The third-order valence-electron chi connectivity index (χ3n) is 18.2. The number of primary amides is 2. The number of rotatable bonds is 24. The quantitative estimate of drug-likeness (QED) is 0.0147. The molecule has 0 radical (unpaired) electrons. The van der Waals surface area contributed by atoms with Gasteiger partial charge in [0.15, 0.2) is 5.96 Å². The lowest BCUT2D eigenvalue weighted by molar-refractivity contribution is -0.139. The molecule has 574 valence electrons. The van der Waals surface area contributed by atoms with Gasteiger partial charge in [-0.25, -0.2) is 0 Å². The van der Waals surface area contributed by atoms with Gasteiger partial charge in [-0.2, -0.15) is 0 Å². The molecule has 35 nitrogen and oxygen atoms in total. The zero-order valence-electron chi connectivity index (χ0n) is 58.3. The number of guanidine groups is 1. The third-order valence-corrected chi connectivity index (χ3v) is 20.6. The summed E-state index contributed by atoms with van der Waals surface area (Å²) in [4.78, 5) is 202. The molecule has 7 rings (SSSR count). The van der Waals surface area contributed by atoms with Crippen LogP contribution in [0.4, 0.5) is 0 Å². The standard InChI is InChI=1S/C69H94N18O17S2/c70-27-25-56(92)87-30-6-12-53(87)67(103)82-48(31-37-13-17-41(88)18-14-37)64(100)85-52-36-106-105-35-51(59(72)95)84-62(98)47(22-24-57(93)94)80-65(101)50(33-40-34-77-44-10-4-3-9-43(40)44)81-61(97)46(21-23-54(71)90)78-55(91)26-29-75-60(96)45(11-5-28-76-69(73)74)79-63(99)49(32-38-15-19-42(89)20-16-38)83-68(104)58(86-66(52)102)39-7-1-2-8-39/h3-4,9-10,13-20,34,39,45-53,58,77,88-89H,1-2,5-8,11-12,21-33,35-36,70H2,(H2,71,90)(H2,72,95)(H,75,96)(H,78,91)(H,79,99)(H,80,101)(H,81,97)(H,82,103)(H,83,104)(H,84,98)(H,85,100)(H,86,102)(H,93,94)(H4,73,74,76)/t45-,46-,47-,48-,49-,50-,51+,52-,53-,58-/m0/s1. The summed E-state index contributed by atoms with van der Waals surface area (Å²) in [5.74, 6) is -15.0. The lowest BCUT2D eigenvalue weighted by Crippen LogP contribution is -2.61. The summed E-state index contributed by atoms with van der Waals surface area (Å²) in [6.45, 7) is -0.142. The number of carbonyl (C=O) groups is 14. The van der Waals surface area contributed by atoms with Gasteiger partial charge in [-0.05, 0) is 104 Å². The van der Waals surface area contributed by atoms with Crippen LogP contribution in [0, 0.1) is 11.3 Å². The van der Waals surface area contributed by atoms with E-state index in [1.807, 2.05) is 0 Å². The molecule has 3 aromatic carbocycles. The van der Waals surface area contributed by atoms with Crippen LogP contribution < -0.4 is 81.4 Å². The van der Waals surface area contributed by atoms with Crippen LogP contribution in [0.5, 0.6) is 11.5 Å². The smallest absolute Gasteiger partial charge is 0.303 e. The Morgan fingerprint density at radius 1 is 0.632 bits per heavy atom. The lowest BCUT2D eigenvalue weighted by atomic mass is 9.95. The van der Waals surface area contributed by atoms with E-state index in [4.69, 9.17) is 28.3 Å². The van der Waals surface area contributed by atoms with E-state index in [9.17, 15) is 68.1 Å². The second-order valence-electron chi connectivity index (χ2n) is 26.1. The van der Waals surface area contributed by atoms with E-state index in [0.717, 1.165) is 21.6 Å². The Morgan fingerprint density at radius 2 is 1.23 bits per heavy atom. The van der Waals surface area contributed by atoms with Gasteiger partial charge in [0.2, 0.25) is 76.8 Å². The van der Waals surface area contributed by atoms with Crippen molar-refractivity contribution in [2.24, 2.45) is 28.9 Å². The molecule has 1 aliphatic carbocycles. The van der Waals surface area contributed by atoms with Gasteiger partial charge >= 0.3 is 5.97 Å². The third kappa shape index (κ3) is 25.9. The number of aromatic amines is 1. The number of nitrogens with zero attached hydrogens (tertiary/aromatic N) is 1. The zero-order chi connectivity index (χ0) is 77.0. The van der Waals surface area contributed by atoms with Gasteiger partial charge in [-0.1, -0.05) is 76.9 Å². The Bertz CT molecular complexity index is 3810. The second kappa shape index (κ2) is 41.1. The van der Waals surface area contributed by atoms with Gasteiger partial charge < -0.3 is 107 Å². The van der Waals surface area contributed by atoms with Crippen molar-refractivity contribution >= 4 is 121 Å². The monoisotopic (exact) mass is 1510 g/mol. The van der Waals surface area contributed by atoms with Gasteiger partial charge in [-0.15, -0.1) is 0 Å². The number of likely N-dealkylation sites (tertiary alicyclic amines) is 1. The maximum absolute atomic E-state index is 15.3. The Kier molecular flexibility index (Phi) is 32.0. The average Bonchev–Trinajstić information content (AvgIpc) is 1.62. The topological polar surface area (TPSA) is 579 Å². The van der Waals surface area contributed by atoms with Crippen LogP contribution in [-0.2, 0) is 86.4 Å². The van der Waals surface area contributed by atoms with Crippen molar-refractivity contribution in [2.75, 3.05) is 37.7 Å². The molecule has 2 saturated heterocycles. The lowest BCUT2D eigenvalue weighted by Gasteiger charge is -2.30. The number of carboxylic acid groups (broad SMARTS) is 1. The summed E-state index contributed by atoms with van der Waals surface area (Å²) in [6, 6.07) is 3.24. The van der Waals surface area contributed by atoms with Crippen molar-refractivity contribution in [1.29, 1.82) is 5.41 Å². The van der Waals surface area contributed by atoms with E-state index in [0.29, 0.717) is 59.7 Å². The van der Waals surface area contributed by atoms with Gasteiger partial charge in [0.05, 0.1) is 0 Å². The number of carboxylic acids is 1. The number of hydrogen-bond donors (Lipinski definition) is 20. The molecule has 0 unspecified atom stereocenters. The van der Waals surface area contributed by atoms with Crippen LogP contribution in [0.1, 0.15) is 107 Å². The van der Waals surface area contributed by atoms with Crippen LogP contribution in [0.25, 0.3) is 10.9 Å². The van der Waals surface area contributed by atoms with Crippen molar-refractivity contribution in [2.45, 2.75) is 170 Å². The van der Waals surface area contributed by atoms with E-state index in [1.54, 1.807) is 30.5 Å². The first kappa shape index (κ1) is 82.6. The molecule has 1 aromatic heterocycles. The number of phenolic OH excluding ortho intramolecular Hbond substituents is 2. The molecule has 37 heteroatoms. The van der Waals surface area contributed by atoms with Crippen molar-refractivity contribution in [3.8, 4) is 11.5 Å². The molecule has 24 N–H and O–H groups in total. The molecular formula is C69H94N18O17S2. The summed E-state index contributed by atoms with van der Waals surface area (Å²) >= 11 is 0. The predicted octanol–water partition coefficient (Wildman–Crippen LogP) is -2.72. The van der Waals surface area contributed by atoms with E-state index in [1.165, 1.54) is 53.4 Å². The molecule has 10 atom stereocenters. The SMILES string of the molecule is N=C(N)NCCC[C@@H]1NC(=O)[C@H](Cc2ccc(O)cc2)NC(=O)[C@H](C2CCCC2)NC(=O)[C@@H](NC(=O)[C@H](Cc2ccc(O)cc2)NC(=O)[C@@H]2CCCN2C(=O)CCN)CSSC[C@H](C(N)=O)NC(=O)[C@H](CCC(=O)O)NC(=O)[C@H](Cc2c[nH]c3ccccc23)NC(=O)[C@H](CCC(N)=O)NC(=O)CCNC1=O. The number of phenols is 2. The van der Waals surface area contributed by atoms with Crippen LogP contribution in [0.15, 0.2) is 79.0 Å². The highest BCUT2D eigenvalue weighted by molar-refractivity contribution is 8.76. The molecule has 3 heterocycles. The number of para-hydroxylation sites is 1. The van der Waals surface area contributed by atoms with Gasteiger partial charge in [0.25, 0.3) is 0 Å². The van der Waals surface area contributed by atoms with Crippen LogP contribution in [0.2, 0.25) is 0 Å². The van der Waals surface area contributed by atoms with Crippen molar-refractivity contribution in [1.82, 2.24) is 68.4 Å². The van der Waals surface area contributed by atoms with Crippen LogP contribution in [0.3, 0.4) is 0 Å². The number of nitrogens with one attached hydrogen (secondary N) is 13. The molecular weight excluding hydrogens is 1420 g/mol. The minimum absolute atomic E-state index is 0.0102.